The van der Waals surface area contributed by atoms with Crippen molar-refractivity contribution in [2.45, 2.75) is 19.3 Å². The summed E-state index contributed by atoms with van der Waals surface area (Å²) in [5, 5.41) is 14.1. The fourth-order valence-electron chi connectivity index (χ4n) is 2.13. The second kappa shape index (κ2) is 6.30. The molecule has 2 rings (SSSR count). The summed E-state index contributed by atoms with van der Waals surface area (Å²) in [5.74, 6) is 0.716. The van der Waals surface area contributed by atoms with E-state index in [-0.39, 0.29) is 11.6 Å². The molecular weight excluding hydrogens is 234 g/mol. The van der Waals surface area contributed by atoms with E-state index >= 15 is 0 Å². The van der Waals surface area contributed by atoms with Crippen LogP contribution in [0.5, 0.6) is 5.88 Å². The van der Waals surface area contributed by atoms with Gasteiger partial charge in [0.15, 0.2) is 0 Å². The molecule has 0 aromatic carbocycles. The van der Waals surface area contributed by atoms with Crippen LogP contribution in [0.3, 0.4) is 0 Å². The third-order valence-corrected chi connectivity index (χ3v) is 3.11. The lowest BCUT2D eigenvalue weighted by Gasteiger charge is -2.22. The average molecular weight is 251 g/mol. The Morgan fingerprint density at radius 1 is 1.61 bits per heavy atom. The van der Waals surface area contributed by atoms with Crippen molar-refractivity contribution in [2.75, 3.05) is 19.7 Å². The van der Waals surface area contributed by atoms with E-state index in [1.807, 2.05) is 0 Å². The number of aromatic nitrogens is 1. The maximum atomic E-state index is 10.8. The van der Waals surface area contributed by atoms with Gasteiger partial charge in [0.2, 0.25) is 0 Å². The number of hydrogen-bond acceptors (Lipinski definition) is 5. The fraction of sp³-hybridized carbons (Fsp3) is 0.583. The molecule has 0 saturated carbocycles. The Hall–Kier alpha value is -1.69. The van der Waals surface area contributed by atoms with Crippen LogP contribution in [0.15, 0.2) is 18.3 Å². The highest BCUT2D eigenvalue weighted by atomic mass is 16.6. The van der Waals surface area contributed by atoms with Crippen LogP contribution in [0.1, 0.15) is 19.3 Å². The standard InChI is InChI=1S/C12H17N3O3/c16-15(17)11-4-2-7-14-12(11)18-8-5-10-3-1-6-13-9-10/h2,4,7,10,13H,1,3,5-6,8-9H2/t10-/m1/s1. The zero-order chi connectivity index (χ0) is 12.8. The molecule has 1 aromatic rings. The SMILES string of the molecule is O=[N+]([O-])c1cccnc1OCC[C@H]1CCCNC1. The van der Waals surface area contributed by atoms with E-state index in [9.17, 15) is 10.1 Å². The lowest BCUT2D eigenvalue weighted by Crippen LogP contribution is -2.30. The molecule has 6 nitrogen and oxygen atoms in total. The third kappa shape index (κ3) is 3.40. The maximum Gasteiger partial charge on any atom is 0.330 e. The van der Waals surface area contributed by atoms with Crippen LogP contribution in [-0.2, 0) is 0 Å². The number of nitro groups is 1. The second-order valence-corrected chi connectivity index (χ2v) is 4.43. The van der Waals surface area contributed by atoms with Crippen LogP contribution >= 0.6 is 0 Å². The molecule has 0 spiro atoms. The molecule has 18 heavy (non-hydrogen) atoms. The third-order valence-electron chi connectivity index (χ3n) is 3.11. The van der Waals surface area contributed by atoms with E-state index < -0.39 is 4.92 Å². The summed E-state index contributed by atoms with van der Waals surface area (Å²) in [6.45, 7) is 2.57. The number of hydrogen-bond donors (Lipinski definition) is 1. The Labute approximate surface area is 106 Å². The summed E-state index contributed by atoms with van der Waals surface area (Å²) in [6.07, 6.45) is 4.79. The van der Waals surface area contributed by atoms with E-state index in [2.05, 4.69) is 10.3 Å². The van der Waals surface area contributed by atoms with Gasteiger partial charge in [0.05, 0.1) is 11.5 Å². The van der Waals surface area contributed by atoms with Crippen molar-refractivity contribution in [2.24, 2.45) is 5.92 Å². The Balaban J connectivity index is 1.84. The summed E-state index contributed by atoms with van der Waals surface area (Å²) in [6, 6.07) is 2.94. The van der Waals surface area contributed by atoms with Crippen LogP contribution in [0, 0.1) is 16.0 Å². The van der Waals surface area contributed by atoms with Crippen LogP contribution < -0.4 is 10.1 Å². The first-order valence-electron chi connectivity index (χ1n) is 6.20. The molecule has 1 aliphatic rings. The quantitative estimate of drug-likeness (QED) is 0.637. The van der Waals surface area contributed by atoms with Crippen LogP contribution in [0.25, 0.3) is 0 Å². The predicted molar refractivity (Wildman–Crippen MR) is 66.6 cm³/mol. The van der Waals surface area contributed by atoms with Crippen molar-refractivity contribution in [3.05, 3.63) is 28.4 Å². The molecule has 1 N–H and O–H groups in total. The summed E-state index contributed by atoms with van der Waals surface area (Å²) in [4.78, 5) is 14.2. The first kappa shape index (κ1) is 12.8. The largest absolute Gasteiger partial charge is 0.473 e. The minimum Gasteiger partial charge on any atom is -0.473 e. The zero-order valence-electron chi connectivity index (χ0n) is 10.2. The molecule has 1 aromatic heterocycles. The van der Waals surface area contributed by atoms with Gasteiger partial charge >= 0.3 is 5.69 Å². The molecule has 0 amide bonds. The van der Waals surface area contributed by atoms with Crippen molar-refractivity contribution in [3.8, 4) is 5.88 Å². The van der Waals surface area contributed by atoms with Gasteiger partial charge in [0, 0.05) is 12.3 Å². The Kier molecular flexibility index (Phi) is 4.46. The lowest BCUT2D eigenvalue weighted by molar-refractivity contribution is -0.386. The van der Waals surface area contributed by atoms with Crippen molar-refractivity contribution < 1.29 is 9.66 Å². The second-order valence-electron chi connectivity index (χ2n) is 4.43. The van der Waals surface area contributed by atoms with Crippen molar-refractivity contribution in [3.63, 3.8) is 0 Å². The number of rotatable bonds is 5. The number of ether oxygens (including phenoxy) is 1. The molecule has 6 heteroatoms. The van der Waals surface area contributed by atoms with Gasteiger partial charge in [-0.3, -0.25) is 10.1 Å². The highest BCUT2D eigenvalue weighted by Gasteiger charge is 2.17. The smallest absolute Gasteiger partial charge is 0.330 e. The summed E-state index contributed by atoms with van der Waals surface area (Å²) >= 11 is 0. The van der Waals surface area contributed by atoms with Gasteiger partial charge in [0.1, 0.15) is 0 Å². The van der Waals surface area contributed by atoms with Crippen LogP contribution in [0.4, 0.5) is 5.69 Å². The Morgan fingerprint density at radius 2 is 2.50 bits per heavy atom. The highest BCUT2D eigenvalue weighted by molar-refractivity contribution is 5.39. The number of nitrogens with zero attached hydrogens (tertiary/aromatic N) is 2. The number of nitrogens with one attached hydrogen (secondary N) is 1. The van der Waals surface area contributed by atoms with Gasteiger partial charge < -0.3 is 10.1 Å². The fourth-order valence-corrected chi connectivity index (χ4v) is 2.13. The van der Waals surface area contributed by atoms with Gasteiger partial charge in [-0.05, 0) is 44.3 Å². The van der Waals surface area contributed by atoms with E-state index in [0.717, 1.165) is 19.5 Å². The molecule has 1 saturated heterocycles. The zero-order valence-corrected chi connectivity index (χ0v) is 10.2. The molecule has 1 fully saturated rings. The van der Waals surface area contributed by atoms with Crippen molar-refractivity contribution in [1.82, 2.24) is 10.3 Å². The topological polar surface area (TPSA) is 77.3 Å². The van der Waals surface area contributed by atoms with Gasteiger partial charge in [-0.1, -0.05) is 0 Å². The molecule has 0 radical (unpaired) electrons. The summed E-state index contributed by atoms with van der Waals surface area (Å²) in [5.41, 5.74) is -0.0701. The normalized spacial score (nSPS) is 19.4. The van der Waals surface area contributed by atoms with E-state index in [0.29, 0.717) is 12.5 Å². The van der Waals surface area contributed by atoms with Crippen LogP contribution in [0.2, 0.25) is 0 Å². The summed E-state index contributed by atoms with van der Waals surface area (Å²) in [7, 11) is 0. The molecule has 1 atom stereocenters. The lowest BCUT2D eigenvalue weighted by atomic mass is 9.97. The van der Waals surface area contributed by atoms with E-state index in [1.165, 1.54) is 31.2 Å². The number of piperidine rings is 1. The Morgan fingerprint density at radius 3 is 3.22 bits per heavy atom. The van der Waals surface area contributed by atoms with Gasteiger partial charge in [0.25, 0.3) is 5.88 Å². The molecule has 0 aliphatic carbocycles. The maximum absolute atomic E-state index is 10.8. The van der Waals surface area contributed by atoms with Crippen molar-refractivity contribution in [1.29, 1.82) is 0 Å². The average Bonchev–Trinajstić information content (AvgIpc) is 2.40. The Bertz CT molecular complexity index is 405. The minimum absolute atomic E-state index is 0.0701. The van der Waals surface area contributed by atoms with Gasteiger partial charge in [-0.2, -0.15) is 0 Å². The van der Waals surface area contributed by atoms with E-state index in [4.69, 9.17) is 4.74 Å². The minimum atomic E-state index is -0.468. The molecule has 2 heterocycles. The highest BCUT2D eigenvalue weighted by Crippen LogP contribution is 2.23. The monoisotopic (exact) mass is 251 g/mol. The number of pyridine rings is 1. The predicted octanol–water partition coefficient (Wildman–Crippen LogP) is 1.76. The van der Waals surface area contributed by atoms with Crippen LogP contribution in [-0.4, -0.2) is 29.6 Å². The molecule has 0 unspecified atom stereocenters. The summed E-state index contributed by atoms with van der Waals surface area (Å²) < 4.78 is 5.42. The van der Waals surface area contributed by atoms with E-state index in [1.54, 1.807) is 0 Å². The van der Waals surface area contributed by atoms with Gasteiger partial charge in [-0.25, -0.2) is 4.98 Å². The van der Waals surface area contributed by atoms with Crippen molar-refractivity contribution >= 4 is 5.69 Å². The molecule has 0 bridgehead atoms. The first-order valence-corrected chi connectivity index (χ1v) is 6.20. The first-order chi connectivity index (χ1) is 8.77. The molecule has 98 valence electrons. The molecule has 1 aliphatic heterocycles. The molecular formula is C12H17N3O3. The van der Waals surface area contributed by atoms with Gasteiger partial charge in [-0.15, -0.1) is 0 Å².